The Morgan fingerprint density at radius 1 is 1.43 bits per heavy atom. The van der Waals surface area contributed by atoms with E-state index in [9.17, 15) is 18.3 Å². The lowest BCUT2D eigenvalue weighted by Crippen LogP contribution is -2.13. The van der Waals surface area contributed by atoms with Gasteiger partial charge in [0.2, 0.25) is 0 Å². The zero-order valence-electron chi connectivity index (χ0n) is 13.9. The molecule has 2 nitrogen and oxygen atoms in total. The van der Waals surface area contributed by atoms with E-state index in [-0.39, 0.29) is 12.8 Å². The topological polar surface area (TPSA) is 33.1 Å². The Kier molecular flexibility index (Phi) is 9.76. The first-order valence-electron chi connectivity index (χ1n) is 7.39. The first-order chi connectivity index (χ1) is 10.7. The van der Waals surface area contributed by atoms with E-state index in [4.69, 9.17) is 0 Å². The maximum Gasteiger partial charge on any atom is 0.412 e. The minimum atomic E-state index is -4.39. The van der Waals surface area contributed by atoms with Crippen LogP contribution in [0.5, 0.6) is 0 Å². The van der Waals surface area contributed by atoms with E-state index in [1.165, 1.54) is 17.4 Å². The predicted molar refractivity (Wildman–Crippen MR) is 91.4 cm³/mol. The Hall–Kier alpha value is -1.40. The lowest BCUT2D eigenvalue weighted by molar-refractivity contribution is -0.0932. The Morgan fingerprint density at radius 2 is 2.04 bits per heavy atom. The molecule has 0 aromatic carbocycles. The summed E-state index contributed by atoms with van der Waals surface area (Å²) in [6.07, 6.45) is -1.80. The maximum atomic E-state index is 12.7. The van der Waals surface area contributed by atoms with E-state index >= 15 is 0 Å². The number of allylic oxidation sites excluding steroid dienone is 2. The smallest absolute Gasteiger partial charge is 0.388 e. The van der Waals surface area contributed by atoms with E-state index < -0.39 is 17.9 Å². The molecule has 0 aliphatic heterocycles. The highest BCUT2D eigenvalue weighted by Gasteiger charge is 2.32. The number of hydrogen-bond donors (Lipinski definition) is 1. The summed E-state index contributed by atoms with van der Waals surface area (Å²) in [5.41, 5.74) is 0.602. The summed E-state index contributed by atoms with van der Waals surface area (Å²) in [7, 11) is 0. The number of aromatic nitrogens is 1. The number of aliphatic hydroxyl groups excluding tert-OH is 1. The van der Waals surface area contributed by atoms with Crippen molar-refractivity contribution in [2.24, 2.45) is 0 Å². The fourth-order valence-electron chi connectivity index (χ4n) is 1.69. The zero-order valence-corrected chi connectivity index (χ0v) is 14.8. The number of aliphatic hydroxyl groups is 1. The fourth-order valence-corrected chi connectivity index (χ4v) is 2.26. The lowest BCUT2D eigenvalue weighted by Gasteiger charge is -2.12. The van der Waals surface area contributed by atoms with Crippen LogP contribution < -0.4 is 0 Å². The van der Waals surface area contributed by atoms with E-state index in [1.807, 2.05) is 26.2 Å². The first kappa shape index (κ1) is 21.6. The average Bonchev–Trinajstić information content (AvgIpc) is 2.89. The molecule has 23 heavy (non-hydrogen) atoms. The Balaban J connectivity index is 0.00000232. The molecule has 0 radical (unpaired) electrons. The average molecular weight is 347 g/mol. The van der Waals surface area contributed by atoms with Crippen molar-refractivity contribution >= 4 is 17.4 Å². The lowest BCUT2D eigenvalue weighted by atomic mass is 10.0. The number of rotatable bonds is 6. The summed E-state index contributed by atoms with van der Waals surface area (Å²) < 4.78 is 38.1. The molecule has 1 N–H and O–H groups in total. The standard InChI is InChI=1S/C15H18F3NOS.C2H6/c1-4-5-12(15(16,17)18)6-7-14(20)10(2)8-13-9-21-11(3)19-13;1-2/h4,6,8-9,14,20H,1,5,7H2,2-3H3;1-2H3/b10-8+,12-6+;/t14-;/m0./s1. The van der Waals surface area contributed by atoms with Crippen molar-refractivity contribution < 1.29 is 18.3 Å². The van der Waals surface area contributed by atoms with Gasteiger partial charge in [0.25, 0.3) is 0 Å². The highest BCUT2D eigenvalue weighted by molar-refractivity contribution is 7.09. The van der Waals surface area contributed by atoms with Crippen LogP contribution in [0.4, 0.5) is 13.2 Å². The summed E-state index contributed by atoms with van der Waals surface area (Å²) in [5.74, 6) is 0. The largest absolute Gasteiger partial charge is 0.412 e. The van der Waals surface area contributed by atoms with Crippen molar-refractivity contribution in [1.29, 1.82) is 0 Å². The van der Waals surface area contributed by atoms with Crippen molar-refractivity contribution in [1.82, 2.24) is 4.98 Å². The van der Waals surface area contributed by atoms with Gasteiger partial charge in [0, 0.05) is 11.0 Å². The molecule has 0 saturated heterocycles. The van der Waals surface area contributed by atoms with E-state index in [2.05, 4.69) is 11.6 Å². The molecule has 1 rings (SSSR count). The number of nitrogens with zero attached hydrogens (tertiary/aromatic N) is 1. The van der Waals surface area contributed by atoms with Gasteiger partial charge < -0.3 is 5.11 Å². The van der Waals surface area contributed by atoms with Gasteiger partial charge in [-0.2, -0.15) is 13.2 Å². The molecule has 1 heterocycles. The van der Waals surface area contributed by atoms with Gasteiger partial charge in [-0.25, -0.2) is 4.98 Å². The van der Waals surface area contributed by atoms with Gasteiger partial charge >= 0.3 is 6.18 Å². The second-order valence-electron chi connectivity index (χ2n) is 4.65. The Morgan fingerprint density at radius 3 is 2.48 bits per heavy atom. The molecular formula is C17H24F3NOS. The van der Waals surface area contributed by atoms with Crippen LogP contribution in [0.25, 0.3) is 6.08 Å². The first-order valence-corrected chi connectivity index (χ1v) is 8.27. The van der Waals surface area contributed by atoms with E-state index in [1.54, 1.807) is 13.0 Å². The number of alkyl halides is 3. The van der Waals surface area contributed by atoms with Crippen molar-refractivity contribution in [2.45, 2.75) is 52.8 Å². The van der Waals surface area contributed by atoms with Crippen LogP contribution in [0.15, 0.2) is 35.3 Å². The molecule has 130 valence electrons. The number of halogens is 3. The van der Waals surface area contributed by atoms with Gasteiger partial charge in [-0.15, -0.1) is 17.9 Å². The van der Waals surface area contributed by atoms with Gasteiger partial charge in [0.1, 0.15) is 0 Å². The number of aryl methyl sites for hydroxylation is 1. The molecule has 0 aliphatic rings. The molecule has 1 aromatic heterocycles. The maximum absolute atomic E-state index is 12.7. The third kappa shape index (κ3) is 8.13. The minimum absolute atomic E-state index is 0.0892. The van der Waals surface area contributed by atoms with Gasteiger partial charge in [-0.3, -0.25) is 0 Å². The molecule has 0 unspecified atom stereocenters. The molecule has 1 aromatic rings. The second kappa shape index (κ2) is 10.4. The molecule has 1 atom stereocenters. The van der Waals surface area contributed by atoms with Gasteiger partial charge in [-0.1, -0.05) is 26.0 Å². The summed E-state index contributed by atoms with van der Waals surface area (Å²) in [6, 6.07) is 0. The van der Waals surface area contributed by atoms with Gasteiger partial charge in [0.15, 0.2) is 0 Å². The van der Waals surface area contributed by atoms with Crippen LogP contribution in [0.2, 0.25) is 0 Å². The summed E-state index contributed by atoms with van der Waals surface area (Å²) in [4.78, 5) is 4.22. The number of thiazole rings is 1. The molecule has 0 amide bonds. The quantitative estimate of drug-likeness (QED) is 0.670. The van der Waals surface area contributed by atoms with Crippen molar-refractivity contribution in [3.63, 3.8) is 0 Å². The molecular weight excluding hydrogens is 323 g/mol. The van der Waals surface area contributed by atoms with Crippen LogP contribution in [0.3, 0.4) is 0 Å². The van der Waals surface area contributed by atoms with Crippen LogP contribution in [-0.4, -0.2) is 22.4 Å². The van der Waals surface area contributed by atoms with Gasteiger partial charge in [-0.05, 0) is 38.3 Å². The van der Waals surface area contributed by atoms with Crippen LogP contribution >= 0.6 is 11.3 Å². The zero-order chi connectivity index (χ0) is 18.0. The van der Waals surface area contributed by atoms with E-state index in [0.717, 1.165) is 11.1 Å². The van der Waals surface area contributed by atoms with Crippen LogP contribution in [0.1, 0.15) is 44.3 Å². The Bertz CT molecular complexity index is 544. The van der Waals surface area contributed by atoms with Crippen molar-refractivity contribution in [2.75, 3.05) is 0 Å². The van der Waals surface area contributed by atoms with Crippen LogP contribution in [0, 0.1) is 6.92 Å². The van der Waals surface area contributed by atoms with Crippen LogP contribution in [-0.2, 0) is 0 Å². The van der Waals surface area contributed by atoms with Crippen molar-refractivity contribution in [3.05, 3.63) is 46.0 Å². The van der Waals surface area contributed by atoms with Gasteiger partial charge in [0.05, 0.1) is 16.8 Å². The summed E-state index contributed by atoms with van der Waals surface area (Å²) >= 11 is 1.48. The normalized spacial score (nSPS) is 14.1. The second-order valence-corrected chi connectivity index (χ2v) is 5.71. The fraction of sp³-hybridized carbons (Fsp3) is 0.471. The van der Waals surface area contributed by atoms with E-state index in [0.29, 0.717) is 11.3 Å². The van der Waals surface area contributed by atoms with Crippen molar-refractivity contribution in [3.8, 4) is 0 Å². The minimum Gasteiger partial charge on any atom is -0.388 e. The number of hydrogen-bond acceptors (Lipinski definition) is 3. The highest BCUT2D eigenvalue weighted by Crippen LogP contribution is 2.29. The SMILES string of the molecule is C=CC/C(=C\C[C@H](O)/C(C)=C/c1csc(C)n1)C(F)(F)F.CC. The molecule has 6 heteroatoms. The third-order valence-electron chi connectivity index (χ3n) is 2.85. The predicted octanol–water partition coefficient (Wildman–Crippen LogP) is 5.70. The monoisotopic (exact) mass is 347 g/mol. The summed E-state index contributed by atoms with van der Waals surface area (Å²) in [6.45, 7) is 10.8. The molecule has 0 fully saturated rings. The molecule has 0 bridgehead atoms. The molecule has 0 saturated carbocycles. The third-order valence-corrected chi connectivity index (χ3v) is 3.65. The molecule has 0 spiro atoms. The molecule has 0 aliphatic carbocycles. The highest BCUT2D eigenvalue weighted by atomic mass is 32.1. The summed E-state index contributed by atoms with van der Waals surface area (Å²) in [5, 5.41) is 12.7. The Labute approximate surface area is 140 Å².